The SMILES string of the molecule is CSCCCCCNc1cc(F)c(Cl)cc1[N+](=O)[O-]. The molecule has 1 aromatic rings. The third-order valence-electron chi connectivity index (χ3n) is 2.58. The normalized spacial score (nSPS) is 10.5. The molecule has 0 aliphatic carbocycles. The highest BCUT2D eigenvalue weighted by atomic mass is 35.5. The predicted molar refractivity (Wildman–Crippen MR) is 78.8 cm³/mol. The van der Waals surface area contributed by atoms with Gasteiger partial charge in [0.25, 0.3) is 5.69 Å². The number of nitrogens with zero attached hydrogens (tertiary/aromatic N) is 1. The lowest BCUT2D eigenvalue weighted by molar-refractivity contribution is -0.384. The average molecular weight is 307 g/mol. The van der Waals surface area contributed by atoms with Crippen molar-refractivity contribution in [3.05, 3.63) is 33.1 Å². The second kappa shape index (κ2) is 8.22. The monoisotopic (exact) mass is 306 g/mol. The molecule has 19 heavy (non-hydrogen) atoms. The molecule has 4 nitrogen and oxygen atoms in total. The Morgan fingerprint density at radius 1 is 1.42 bits per heavy atom. The zero-order chi connectivity index (χ0) is 14.3. The molecule has 0 aliphatic heterocycles. The molecule has 1 aromatic carbocycles. The van der Waals surface area contributed by atoms with Gasteiger partial charge in [-0.2, -0.15) is 11.8 Å². The summed E-state index contributed by atoms with van der Waals surface area (Å²) in [5.41, 5.74) is -0.0210. The highest BCUT2D eigenvalue weighted by molar-refractivity contribution is 7.98. The maximum atomic E-state index is 13.3. The first kappa shape index (κ1) is 16.0. The van der Waals surface area contributed by atoms with Gasteiger partial charge < -0.3 is 5.32 Å². The second-order valence-electron chi connectivity index (χ2n) is 4.02. The van der Waals surface area contributed by atoms with E-state index >= 15 is 0 Å². The second-order valence-corrected chi connectivity index (χ2v) is 5.41. The Balaban J connectivity index is 2.57. The molecule has 0 fully saturated rings. The van der Waals surface area contributed by atoms with E-state index < -0.39 is 10.7 Å². The van der Waals surface area contributed by atoms with E-state index in [1.54, 1.807) is 11.8 Å². The van der Waals surface area contributed by atoms with Gasteiger partial charge >= 0.3 is 0 Å². The largest absolute Gasteiger partial charge is 0.379 e. The van der Waals surface area contributed by atoms with E-state index in [4.69, 9.17) is 11.6 Å². The quantitative estimate of drug-likeness (QED) is 0.441. The molecule has 0 radical (unpaired) electrons. The van der Waals surface area contributed by atoms with Gasteiger partial charge in [0.05, 0.1) is 9.95 Å². The molecule has 0 bridgehead atoms. The van der Waals surface area contributed by atoms with Crippen LogP contribution < -0.4 is 5.32 Å². The van der Waals surface area contributed by atoms with Crippen LogP contribution in [-0.2, 0) is 0 Å². The van der Waals surface area contributed by atoms with Crippen LogP contribution >= 0.6 is 23.4 Å². The predicted octanol–water partition coefficient (Wildman–Crippen LogP) is 4.33. The maximum absolute atomic E-state index is 13.3. The molecule has 106 valence electrons. The van der Waals surface area contributed by atoms with Gasteiger partial charge in [0.2, 0.25) is 0 Å². The van der Waals surface area contributed by atoms with Crippen LogP contribution in [0, 0.1) is 15.9 Å². The lowest BCUT2D eigenvalue weighted by Gasteiger charge is -2.08. The van der Waals surface area contributed by atoms with Crippen LogP contribution in [0.1, 0.15) is 19.3 Å². The molecule has 0 heterocycles. The van der Waals surface area contributed by atoms with Crippen LogP contribution in [0.5, 0.6) is 0 Å². The zero-order valence-electron chi connectivity index (χ0n) is 10.6. The van der Waals surface area contributed by atoms with Gasteiger partial charge in [-0.25, -0.2) is 4.39 Å². The van der Waals surface area contributed by atoms with Gasteiger partial charge in [-0.1, -0.05) is 18.0 Å². The molecule has 0 spiro atoms. The zero-order valence-corrected chi connectivity index (χ0v) is 12.2. The number of anilines is 1. The molecule has 0 unspecified atom stereocenters. The summed E-state index contributed by atoms with van der Waals surface area (Å²) >= 11 is 7.33. The molecule has 7 heteroatoms. The van der Waals surface area contributed by atoms with Crippen molar-refractivity contribution in [3.63, 3.8) is 0 Å². The molecule has 0 aliphatic rings. The van der Waals surface area contributed by atoms with Crippen LogP contribution in [0.3, 0.4) is 0 Å². The first-order chi connectivity index (χ1) is 9.06. The third-order valence-corrected chi connectivity index (χ3v) is 3.56. The fourth-order valence-electron chi connectivity index (χ4n) is 1.60. The highest BCUT2D eigenvalue weighted by Crippen LogP contribution is 2.30. The first-order valence-electron chi connectivity index (χ1n) is 5.92. The Labute approximate surface area is 120 Å². The fraction of sp³-hybridized carbons (Fsp3) is 0.500. The van der Waals surface area contributed by atoms with E-state index in [0.717, 1.165) is 37.1 Å². The molecule has 1 N–H and O–H groups in total. The van der Waals surface area contributed by atoms with Gasteiger partial charge in [-0.05, 0) is 24.9 Å². The van der Waals surface area contributed by atoms with Gasteiger partial charge in [-0.15, -0.1) is 0 Å². The number of hydrogen-bond acceptors (Lipinski definition) is 4. The average Bonchev–Trinajstić information content (AvgIpc) is 2.37. The van der Waals surface area contributed by atoms with Gasteiger partial charge in [0, 0.05) is 18.7 Å². The summed E-state index contributed by atoms with van der Waals surface area (Å²) in [6.07, 6.45) is 5.09. The van der Waals surface area contributed by atoms with Gasteiger partial charge in [0.1, 0.15) is 11.5 Å². The number of thioether (sulfide) groups is 1. The number of rotatable bonds is 8. The number of unbranched alkanes of at least 4 members (excludes halogenated alkanes) is 2. The number of benzene rings is 1. The van der Waals surface area contributed by atoms with E-state index in [1.165, 1.54) is 0 Å². The summed E-state index contributed by atoms with van der Waals surface area (Å²) in [4.78, 5) is 10.3. The van der Waals surface area contributed by atoms with Crippen molar-refractivity contribution in [2.75, 3.05) is 23.9 Å². The number of halogens is 2. The van der Waals surface area contributed by atoms with Crippen molar-refractivity contribution in [3.8, 4) is 0 Å². The summed E-state index contributed by atoms with van der Waals surface area (Å²) < 4.78 is 13.3. The molecular weight excluding hydrogens is 291 g/mol. The summed E-state index contributed by atoms with van der Waals surface area (Å²) in [6.45, 7) is 0.580. The number of nitro benzene ring substituents is 1. The molecule has 0 atom stereocenters. The van der Waals surface area contributed by atoms with Crippen molar-refractivity contribution in [2.24, 2.45) is 0 Å². The Bertz CT molecular complexity index is 446. The maximum Gasteiger partial charge on any atom is 0.294 e. The lowest BCUT2D eigenvalue weighted by Crippen LogP contribution is -2.05. The third kappa shape index (κ3) is 5.24. The van der Waals surface area contributed by atoms with Crippen molar-refractivity contribution < 1.29 is 9.31 Å². The van der Waals surface area contributed by atoms with Crippen molar-refractivity contribution in [1.82, 2.24) is 0 Å². The van der Waals surface area contributed by atoms with E-state index in [0.29, 0.717) is 6.54 Å². The van der Waals surface area contributed by atoms with E-state index in [9.17, 15) is 14.5 Å². The summed E-state index contributed by atoms with van der Waals surface area (Å²) in [6, 6.07) is 2.11. The van der Waals surface area contributed by atoms with Gasteiger partial charge in [-0.3, -0.25) is 10.1 Å². The topological polar surface area (TPSA) is 55.2 Å². The van der Waals surface area contributed by atoms with E-state index in [-0.39, 0.29) is 16.4 Å². The van der Waals surface area contributed by atoms with E-state index in [2.05, 4.69) is 11.6 Å². The number of hydrogen-bond donors (Lipinski definition) is 1. The Morgan fingerprint density at radius 2 is 2.16 bits per heavy atom. The van der Waals surface area contributed by atoms with Crippen molar-refractivity contribution in [2.45, 2.75) is 19.3 Å². The van der Waals surface area contributed by atoms with Crippen LogP contribution in [0.2, 0.25) is 5.02 Å². The molecule has 1 rings (SSSR count). The minimum absolute atomic E-state index is 0.178. The fourth-order valence-corrected chi connectivity index (χ4v) is 2.25. The summed E-state index contributed by atoms with van der Waals surface area (Å²) in [7, 11) is 0. The Morgan fingerprint density at radius 3 is 2.79 bits per heavy atom. The van der Waals surface area contributed by atoms with Gasteiger partial charge in [0.15, 0.2) is 0 Å². The molecule has 0 saturated carbocycles. The van der Waals surface area contributed by atoms with E-state index in [1.807, 2.05) is 0 Å². The minimum atomic E-state index is -0.655. The van der Waals surface area contributed by atoms with Crippen molar-refractivity contribution in [1.29, 1.82) is 0 Å². The molecular formula is C12H16ClFN2O2S. The first-order valence-corrected chi connectivity index (χ1v) is 7.69. The van der Waals surface area contributed by atoms with Crippen LogP contribution in [0.15, 0.2) is 12.1 Å². The Hall–Kier alpha value is -1.01. The summed E-state index contributed by atoms with van der Waals surface area (Å²) in [5, 5.41) is 13.5. The number of nitro groups is 1. The van der Waals surface area contributed by atoms with Crippen molar-refractivity contribution >= 4 is 34.7 Å². The highest BCUT2D eigenvalue weighted by Gasteiger charge is 2.17. The van der Waals surface area contributed by atoms with Crippen LogP contribution in [0.4, 0.5) is 15.8 Å². The Kier molecular flexibility index (Phi) is 6.94. The van der Waals surface area contributed by atoms with Crippen LogP contribution in [0.25, 0.3) is 0 Å². The smallest absolute Gasteiger partial charge is 0.294 e. The molecule has 0 saturated heterocycles. The minimum Gasteiger partial charge on any atom is -0.379 e. The molecule has 0 aromatic heterocycles. The molecule has 0 amide bonds. The standard InChI is InChI=1S/C12H16ClFN2O2S/c1-19-6-4-2-3-5-15-11-8-10(14)9(13)7-12(11)16(17)18/h7-8,15H,2-6H2,1H3. The lowest BCUT2D eigenvalue weighted by atomic mass is 10.2. The summed E-state index contributed by atoms with van der Waals surface area (Å²) in [5.74, 6) is 0.451. The van der Waals surface area contributed by atoms with Crippen LogP contribution in [-0.4, -0.2) is 23.5 Å². The number of nitrogens with one attached hydrogen (secondary N) is 1.